The summed E-state index contributed by atoms with van der Waals surface area (Å²) in [7, 11) is 2.93. The number of rotatable bonds is 4. The predicted molar refractivity (Wildman–Crippen MR) is 88.6 cm³/mol. The van der Waals surface area contributed by atoms with Crippen molar-refractivity contribution < 1.29 is 28.5 Å². The topological polar surface area (TPSA) is 71.1 Å². The highest BCUT2D eigenvalue weighted by atomic mass is 16.7. The van der Waals surface area contributed by atoms with Crippen molar-refractivity contribution in [1.82, 2.24) is 0 Å². The van der Waals surface area contributed by atoms with Gasteiger partial charge in [0.1, 0.15) is 11.5 Å². The van der Waals surface area contributed by atoms with Gasteiger partial charge in [-0.2, -0.15) is 0 Å². The molecule has 0 bridgehead atoms. The van der Waals surface area contributed by atoms with E-state index in [-0.39, 0.29) is 0 Å². The fourth-order valence-electron chi connectivity index (χ4n) is 2.89. The predicted octanol–water partition coefficient (Wildman–Crippen LogP) is 2.70. The van der Waals surface area contributed by atoms with Gasteiger partial charge in [-0.15, -0.1) is 0 Å². The van der Waals surface area contributed by atoms with Gasteiger partial charge in [0.15, 0.2) is 0 Å². The van der Waals surface area contributed by atoms with E-state index in [0.717, 1.165) is 0 Å². The first-order valence-corrected chi connectivity index (χ1v) is 7.71. The van der Waals surface area contributed by atoms with Crippen molar-refractivity contribution in [3.05, 3.63) is 59.7 Å². The number of hydrogen-bond donors (Lipinski definition) is 0. The molecule has 0 fully saturated rings. The van der Waals surface area contributed by atoms with Crippen molar-refractivity contribution in [3.8, 4) is 11.5 Å². The van der Waals surface area contributed by atoms with Gasteiger partial charge in [0.05, 0.1) is 12.7 Å². The largest absolute Gasteiger partial charge is 0.497 e. The van der Waals surface area contributed by atoms with Gasteiger partial charge < -0.3 is 18.9 Å². The number of hydrogen-bond acceptors (Lipinski definition) is 6. The number of Topliss-reactive ketones (excluding diaryl/α,β-unsaturated/α-hetero) is 1. The molecule has 0 amide bonds. The summed E-state index contributed by atoms with van der Waals surface area (Å²) in [5.41, 5.74) is 0.862. The Labute approximate surface area is 145 Å². The van der Waals surface area contributed by atoms with Crippen molar-refractivity contribution in [1.29, 1.82) is 0 Å². The van der Waals surface area contributed by atoms with E-state index in [0.29, 0.717) is 22.6 Å². The highest BCUT2D eigenvalue weighted by Crippen LogP contribution is 2.43. The summed E-state index contributed by atoms with van der Waals surface area (Å²) >= 11 is 0. The van der Waals surface area contributed by atoms with Crippen LogP contribution in [0.2, 0.25) is 0 Å². The van der Waals surface area contributed by atoms with Crippen LogP contribution >= 0.6 is 0 Å². The number of benzene rings is 2. The maximum absolute atomic E-state index is 13.0. The molecule has 0 aliphatic carbocycles. The fraction of sp³-hybridized carbons (Fsp3) is 0.263. The molecule has 130 valence electrons. The van der Waals surface area contributed by atoms with Gasteiger partial charge in [0, 0.05) is 25.7 Å². The third kappa shape index (κ3) is 2.85. The lowest BCUT2D eigenvalue weighted by atomic mass is 9.90. The van der Waals surface area contributed by atoms with E-state index in [4.69, 9.17) is 18.9 Å². The molecule has 6 heteroatoms. The first kappa shape index (κ1) is 17.0. The number of esters is 1. The molecule has 1 aliphatic rings. The second-order valence-corrected chi connectivity index (χ2v) is 5.56. The number of carbonyl (C=O) groups excluding carboxylic acids is 2. The lowest BCUT2D eigenvalue weighted by molar-refractivity contribution is -0.233. The summed E-state index contributed by atoms with van der Waals surface area (Å²) in [4.78, 5) is 24.6. The Morgan fingerprint density at radius 2 is 1.84 bits per heavy atom. The number of carbonyl (C=O) groups is 2. The van der Waals surface area contributed by atoms with Gasteiger partial charge in [-0.3, -0.25) is 9.59 Å². The smallest absolute Gasteiger partial charge is 0.303 e. The fourth-order valence-corrected chi connectivity index (χ4v) is 2.89. The highest BCUT2D eigenvalue weighted by Gasteiger charge is 2.54. The molecule has 0 aromatic heterocycles. The Hall–Kier alpha value is -2.86. The van der Waals surface area contributed by atoms with E-state index < -0.39 is 23.6 Å². The van der Waals surface area contributed by atoms with Crippen molar-refractivity contribution >= 4 is 11.8 Å². The third-order valence-electron chi connectivity index (χ3n) is 4.06. The Bertz CT molecular complexity index is 801. The second-order valence-electron chi connectivity index (χ2n) is 5.56. The maximum Gasteiger partial charge on any atom is 0.303 e. The minimum absolute atomic E-state index is 0.302. The molecule has 0 spiro atoms. The zero-order valence-corrected chi connectivity index (χ0v) is 14.1. The van der Waals surface area contributed by atoms with Gasteiger partial charge in [0.2, 0.25) is 11.9 Å². The van der Waals surface area contributed by atoms with Gasteiger partial charge in [-0.1, -0.05) is 30.3 Å². The van der Waals surface area contributed by atoms with Crippen LogP contribution in [-0.2, 0) is 20.1 Å². The average Bonchev–Trinajstić information content (AvgIpc) is 2.64. The molecular weight excluding hydrogens is 324 g/mol. The molecule has 0 saturated carbocycles. The van der Waals surface area contributed by atoms with Gasteiger partial charge >= 0.3 is 5.97 Å². The molecule has 2 aromatic rings. The van der Waals surface area contributed by atoms with Crippen LogP contribution in [0, 0.1) is 0 Å². The Morgan fingerprint density at radius 3 is 2.44 bits per heavy atom. The summed E-state index contributed by atoms with van der Waals surface area (Å²) in [6.07, 6.45) is -1.27. The Kier molecular flexibility index (Phi) is 4.46. The molecule has 1 aliphatic heterocycles. The third-order valence-corrected chi connectivity index (χ3v) is 4.06. The van der Waals surface area contributed by atoms with Crippen molar-refractivity contribution in [2.75, 3.05) is 14.2 Å². The number of methoxy groups -OCH3 is 2. The summed E-state index contributed by atoms with van der Waals surface area (Å²) in [6, 6.07) is 13.7. The van der Waals surface area contributed by atoms with Crippen LogP contribution in [0.1, 0.15) is 22.8 Å². The van der Waals surface area contributed by atoms with Gasteiger partial charge in [-0.25, -0.2) is 0 Å². The van der Waals surface area contributed by atoms with E-state index >= 15 is 0 Å². The first-order chi connectivity index (χ1) is 12.0. The second kappa shape index (κ2) is 6.57. The maximum atomic E-state index is 13.0. The standard InChI is InChI=1S/C19H18O6/c1-12(20)24-18-17(21)15-10-9-14(22-2)11-16(15)25-19(18,23-3)13-7-5-4-6-8-13/h4-11,18H,1-3H3/t18-,19+/m0/s1. The minimum atomic E-state index is -1.58. The van der Waals surface area contributed by atoms with E-state index in [9.17, 15) is 9.59 Å². The van der Waals surface area contributed by atoms with Gasteiger partial charge in [-0.05, 0) is 12.1 Å². The van der Waals surface area contributed by atoms with E-state index in [1.165, 1.54) is 21.1 Å². The lowest BCUT2D eigenvalue weighted by Gasteiger charge is -2.41. The van der Waals surface area contributed by atoms with Crippen molar-refractivity contribution in [3.63, 3.8) is 0 Å². The van der Waals surface area contributed by atoms with E-state index in [2.05, 4.69) is 0 Å². The molecule has 0 saturated heterocycles. The Morgan fingerprint density at radius 1 is 1.12 bits per heavy atom. The normalized spacial score (nSPS) is 21.9. The molecule has 2 atom stereocenters. The average molecular weight is 342 g/mol. The molecule has 1 heterocycles. The van der Waals surface area contributed by atoms with Crippen molar-refractivity contribution in [2.45, 2.75) is 18.8 Å². The summed E-state index contributed by atoms with van der Waals surface area (Å²) in [6.45, 7) is 1.24. The SMILES string of the molecule is COc1ccc2c(c1)O[C@](OC)(c1ccccc1)[C@@H](OC(C)=O)C2=O. The van der Waals surface area contributed by atoms with E-state index in [1.54, 1.807) is 42.5 Å². The number of fused-ring (bicyclic) bond motifs is 1. The monoisotopic (exact) mass is 342 g/mol. The molecule has 25 heavy (non-hydrogen) atoms. The van der Waals surface area contributed by atoms with Crippen LogP contribution in [0.5, 0.6) is 11.5 Å². The number of ether oxygens (including phenoxy) is 4. The molecule has 0 radical (unpaired) electrons. The van der Waals surface area contributed by atoms with Crippen LogP contribution in [0.3, 0.4) is 0 Å². The molecule has 2 aromatic carbocycles. The van der Waals surface area contributed by atoms with Gasteiger partial charge in [0.25, 0.3) is 5.79 Å². The number of ketones is 1. The first-order valence-electron chi connectivity index (χ1n) is 7.71. The minimum Gasteiger partial charge on any atom is -0.497 e. The van der Waals surface area contributed by atoms with Crippen LogP contribution in [-0.4, -0.2) is 32.1 Å². The summed E-state index contributed by atoms with van der Waals surface area (Å²) < 4.78 is 22.2. The molecule has 0 unspecified atom stereocenters. The quantitative estimate of drug-likeness (QED) is 0.796. The Balaban J connectivity index is 2.19. The van der Waals surface area contributed by atoms with E-state index in [1.807, 2.05) is 6.07 Å². The highest BCUT2D eigenvalue weighted by molar-refractivity contribution is 6.04. The molecule has 0 N–H and O–H groups in total. The van der Waals surface area contributed by atoms with Crippen LogP contribution < -0.4 is 9.47 Å². The zero-order chi connectivity index (χ0) is 18.0. The summed E-state index contributed by atoms with van der Waals surface area (Å²) in [5.74, 6) is -1.74. The molecular formula is C19H18O6. The van der Waals surface area contributed by atoms with Crippen molar-refractivity contribution in [2.24, 2.45) is 0 Å². The lowest BCUT2D eigenvalue weighted by Crippen LogP contribution is -2.55. The van der Waals surface area contributed by atoms with Crippen LogP contribution in [0.25, 0.3) is 0 Å². The van der Waals surface area contributed by atoms with Crippen LogP contribution in [0.4, 0.5) is 0 Å². The molecule has 6 nitrogen and oxygen atoms in total. The molecule has 3 rings (SSSR count). The van der Waals surface area contributed by atoms with Crippen LogP contribution in [0.15, 0.2) is 48.5 Å². The summed E-state index contributed by atoms with van der Waals surface area (Å²) in [5, 5.41) is 0. The zero-order valence-electron chi connectivity index (χ0n) is 14.1.